The third-order valence-corrected chi connectivity index (χ3v) is 8.13. The molecule has 168 valence electrons. The number of nitrogens with zero attached hydrogens (tertiary/aromatic N) is 1. The lowest BCUT2D eigenvalue weighted by atomic mass is 9.75. The first-order valence-corrected chi connectivity index (χ1v) is 12.5. The number of allylic oxidation sites excluding steroid dienone is 2. The number of hydrogen-bond acceptors (Lipinski definition) is 2. The lowest BCUT2D eigenvalue weighted by Crippen LogP contribution is -2.31. The van der Waals surface area contributed by atoms with Gasteiger partial charge >= 0.3 is 0 Å². The van der Waals surface area contributed by atoms with Crippen LogP contribution in [0.4, 0.5) is 5.69 Å². The highest BCUT2D eigenvalue weighted by molar-refractivity contribution is 6.03. The summed E-state index contributed by atoms with van der Waals surface area (Å²) < 4.78 is 0. The smallest absolute Gasteiger partial charge is 0.253 e. The molecule has 1 fully saturated rings. The topological polar surface area (TPSA) is 32.3 Å². The van der Waals surface area contributed by atoms with E-state index in [1.165, 1.54) is 32.7 Å². The van der Waals surface area contributed by atoms with Gasteiger partial charge in [0.15, 0.2) is 0 Å². The van der Waals surface area contributed by atoms with E-state index in [1.54, 1.807) is 0 Å². The molecule has 2 aliphatic heterocycles. The molecule has 0 saturated carbocycles. The van der Waals surface area contributed by atoms with E-state index in [0.717, 1.165) is 43.6 Å². The molecule has 7 rings (SSSR count). The van der Waals surface area contributed by atoms with Crippen LogP contribution in [0, 0.1) is 5.92 Å². The van der Waals surface area contributed by atoms with Gasteiger partial charge in [-0.3, -0.25) is 4.79 Å². The van der Waals surface area contributed by atoms with Crippen LogP contribution >= 0.6 is 0 Å². The first-order chi connectivity index (χ1) is 16.8. The highest BCUT2D eigenvalue weighted by atomic mass is 16.2. The summed E-state index contributed by atoms with van der Waals surface area (Å²) in [5.41, 5.74) is 4.66. The molecule has 4 aromatic rings. The molecule has 0 bridgehead atoms. The van der Waals surface area contributed by atoms with E-state index in [9.17, 15) is 4.79 Å². The van der Waals surface area contributed by atoms with Crippen molar-refractivity contribution in [1.29, 1.82) is 0 Å². The van der Waals surface area contributed by atoms with Gasteiger partial charge in [0.25, 0.3) is 5.91 Å². The zero-order valence-corrected chi connectivity index (χ0v) is 19.2. The van der Waals surface area contributed by atoms with Gasteiger partial charge in [-0.2, -0.15) is 0 Å². The Morgan fingerprint density at radius 3 is 2.29 bits per heavy atom. The average Bonchev–Trinajstić information content (AvgIpc) is 3.59. The number of nitrogens with one attached hydrogen (secondary N) is 1. The molecule has 1 saturated heterocycles. The molecular formula is C31H28N2O. The van der Waals surface area contributed by atoms with Gasteiger partial charge in [0.05, 0.1) is 6.04 Å². The summed E-state index contributed by atoms with van der Waals surface area (Å²) in [6.45, 7) is 1.77. The summed E-state index contributed by atoms with van der Waals surface area (Å²) in [6, 6.07) is 26.4. The Bertz CT molecular complexity index is 1410. The number of fused-ring (bicyclic) bond motifs is 5. The van der Waals surface area contributed by atoms with E-state index in [4.69, 9.17) is 0 Å². The summed E-state index contributed by atoms with van der Waals surface area (Å²) in [5.74, 6) is 0.935. The van der Waals surface area contributed by atoms with Gasteiger partial charge in [-0.05, 0) is 82.1 Å². The molecule has 1 N–H and O–H groups in total. The van der Waals surface area contributed by atoms with Crippen molar-refractivity contribution < 1.29 is 4.79 Å². The highest BCUT2D eigenvalue weighted by Gasteiger charge is 2.39. The lowest BCUT2D eigenvalue weighted by molar-refractivity contribution is 0.0792. The first-order valence-electron chi connectivity index (χ1n) is 12.5. The highest BCUT2D eigenvalue weighted by Crippen LogP contribution is 2.52. The molecule has 3 nitrogen and oxygen atoms in total. The SMILES string of the molecule is O=C(c1ccc2c(c1)C1C=CCC1C(c1c3ccccc3cc3ccccc13)N2)N1CCCC1. The van der Waals surface area contributed by atoms with Gasteiger partial charge in [-0.15, -0.1) is 0 Å². The Hall–Kier alpha value is -3.59. The van der Waals surface area contributed by atoms with E-state index in [-0.39, 0.29) is 11.9 Å². The maximum atomic E-state index is 13.1. The molecule has 3 heteroatoms. The second-order valence-corrected chi connectivity index (χ2v) is 10.0. The third-order valence-electron chi connectivity index (χ3n) is 8.13. The molecular weight excluding hydrogens is 416 g/mol. The number of carbonyl (C=O) groups excluding carboxylic acids is 1. The predicted octanol–water partition coefficient (Wildman–Crippen LogP) is 7.06. The Morgan fingerprint density at radius 1 is 0.853 bits per heavy atom. The Morgan fingerprint density at radius 2 is 1.56 bits per heavy atom. The Balaban J connectivity index is 1.37. The van der Waals surface area contributed by atoms with Crippen molar-refractivity contribution in [2.45, 2.75) is 31.2 Å². The number of amides is 1. The molecule has 3 aliphatic rings. The zero-order chi connectivity index (χ0) is 22.6. The summed E-state index contributed by atoms with van der Waals surface area (Å²) in [5, 5.41) is 9.17. The van der Waals surface area contributed by atoms with E-state index < -0.39 is 0 Å². The van der Waals surface area contributed by atoms with Crippen molar-refractivity contribution in [3.63, 3.8) is 0 Å². The molecule has 0 spiro atoms. The minimum atomic E-state index is 0.181. The third kappa shape index (κ3) is 3.00. The van der Waals surface area contributed by atoms with Crippen molar-refractivity contribution in [3.05, 3.63) is 102 Å². The summed E-state index contributed by atoms with van der Waals surface area (Å²) in [6.07, 6.45) is 7.98. The van der Waals surface area contributed by atoms with Gasteiger partial charge < -0.3 is 10.2 Å². The molecule has 34 heavy (non-hydrogen) atoms. The van der Waals surface area contributed by atoms with Crippen LogP contribution in [-0.2, 0) is 0 Å². The predicted molar refractivity (Wildman–Crippen MR) is 139 cm³/mol. The van der Waals surface area contributed by atoms with E-state index >= 15 is 0 Å². The van der Waals surface area contributed by atoms with Crippen molar-refractivity contribution >= 4 is 33.1 Å². The fourth-order valence-electron chi connectivity index (χ4n) is 6.50. The molecule has 3 unspecified atom stereocenters. The minimum Gasteiger partial charge on any atom is -0.378 e. The number of benzene rings is 4. The van der Waals surface area contributed by atoms with Crippen LogP contribution in [0.15, 0.2) is 84.9 Å². The molecule has 0 radical (unpaired) electrons. The van der Waals surface area contributed by atoms with Gasteiger partial charge in [0.1, 0.15) is 0 Å². The van der Waals surface area contributed by atoms with E-state index in [1.807, 2.05) is 11.0 Å². The zero-order valence-electron chi connectivity index (χ0n) is 19.2. The van der Waals surface area contributed by atoms with Gasteiger partial charge in [0.2, 0.25) is 0 Å². The first kappa shape index (κ1) is 19.8. The van der Waals surface area contributed by atoms with Crippen LogP contribution < -0.4 is 5.32 Å². The van der Waals surface area contributed by atoms with Crippen LogP contribution in [0.5, 0.6) is 0 Å². The van der Waals surface area contributed by atoms with Crippen molar-refractivity contribution in [2.75, 3.05) is 18.4 Å². The fraction of sp³-hybridized carbons (Fsp3) is 0.258. The van der Waals surface area contributed by atoms with Crippen LogP contribution in [0.3, 0.4) is 0 Å². The summed E-state index contributed by atoms with van der Waals surface area (Å²) in [7, 11) is 0. The van der Waals surface area contributed by atoms with Gasteiger partial charge in [-0.25, -0.2) is 0 Å². The average molecular weight is 445 g/mol. The largest absolute Gasteiger partial charge is 0.378 e. The number of rotatable bonds is 2. The lowest BCUT2D eigenvalue weighted by Gasteiger charge is -2.39. The standard InChI is InChI=1S/C31H28N2O/c34-31(33-16-5-6-17-33)22-14-15-28-27(19-22)25-12-7-13-26(25)30(32-28)29-23-10-3-1-8-20(23)18-21-9-2-4-11-24(21)29/h1-4,7-12,14-15,18-19,25-26,30,32H,5-6,13,16-17H2. The minimum absolute atomic E-state index is 0.181. The second-order valence-electron chi connectivity index (χ2n) is 10.0. The van der Waals surface area contributed by atoms with Crippen LogP contribution in [0.25, 0.3) is 21.5 Å². The van der Waals surface area contributed by atoms with Crippen LogP contribution in [0.2, 0.25) is 0 Å². The Labute approximate surface area is 200 Å². The Kier molecular flexibility index (Phi) is 4.51. The second kappa shape index (κ2) is 7.73. The molecule has 3 atom stereocenters. The molecule has 2 heterocycles. The fourth-order valence-corrected chi connectivity index (χ4v) is 6.50. The van der Waals surface area contributed by atoms with Crippen molar-refractivity contribution in [3.8, 4) is 0 Å². The maximum absolute atomic E-state index is 13.1. The van der Waals surface area contributed by atoms with Gasteiger partial charge in [0, 0.05) is 30.3 Å². The summed E-state index contributed by atoms with van der Waals surface area (Å²) in [4.78, 5) is 15.1. The quantitative estimate of drug-likeness (QED) is 0.265. The molecule has 1 amide bonds. The van der Waals surface area contributed by atoms with Crippen LogP contribution in [0.1, 0.15) is 52.7 Å². The van der Waals surface area contributed by atoms with Crippen molar-refractivity contribution in [2.24, 2.45) is 5.92 Å². The number of carbonyl (C=O) groups is 1. The van der Waals surface area contributed by atoms with Gasteiger partial charge in [-0.1, -0.05) is 60.7 Å². The van der Waals surface area contributed by atoms with Crippen LogP contribution in [-0.4, -0.2) is 23.9 Å². The van der Waals surface area contributed by atoms with E-state index in [2.05, 4.69) is 84.2 Å². The maximum Gasteiger partial charge on any atom is 0.253 e. The number of hydrogen-bond donors (Lipinski definition) is 1. The van der Waals surface area contributed by atoms with Crippen molar-refractivity contribution in [1.82, 2.24) is 4.90 Å². The molecule has 0 aromatic heterocycles. The monoisotopic (exact) mass is 444 g/mol. The molecule has 4 aromatic carbocycles. The number of anilines is 1. The molecule has 1 aliphatic carbocycles. The summed E-state index contributed by atoms with van der Waals surface area (Å²) >= 11 is 0. The number of likely N-dealkylation sites (tertiary alicyclic amines) is 1. The van der Waals surface area contributed by atoms with E-state index in [0.29, 0.717) is 11.8 Å². The normalized spacial score (nSPS) is 23.2.